The van der Waals surface area contributed by atoms with E-state index in [1.54, 1.807) is 6.08 Å². The van der Waals surface area contributed by atoms with Crippen molar-refractivity contribution in [3.63, 3.8) is 0 Å². The van der Waals surface area contributed by atoms with Gasteiger partial charge in [0.15, 0.2) is 0 Å². The van der Waals surface area contributed by atoms with Crippen molar-refractivity contribution in [1.82, 2.24) is 0 Å². The fourth-order valence-electron chi connectivity index (χ4n) is 1.74. The molecule has 0 saturated carbocycles. The van der Waals surface area contributed by atoms with Crippen molar-refractivity contribution in [3.8, 4) is 0 Å². The summed E-state index contributed by atoms with van der Waals surface area (Å²) in [6, 6.07) is 10.4. The molecule has 1 aromatic carbocycles. The van der Waals surface area contributed by atoms with E-state index >= 15 is 0 Å². The third kappa shape index (κ3) is 3.67. The first kappa shape index (κ1) is 12.7. The van der Waals surface area contributed by atoms with Crippen LogP contribution in [0, 0.1) is 0 Å². The molecule has 1 nitrogen and oxygen atoms in total. The van der Waals surface area contributed by atoms with Crippen LogP contribution in [0.3, 0.4) is 0 Å². The molecule has 0 radical (unpaired) electrons. The predicted molar refractivity (Wildman–Crippen MR) is 69.6 cm³/mol. The summed E-state index contributed by atoms with van der Waals surface area (Å²) in [6.07, 6.45) is 4.74. The van der Waals surface area contributed by atoms with Crippen molar-refractivity contribution < 1.29 is 4.74 Å². The second-order valence-corrected chi connectivity index (χ2v) is 3.88. The molecule has 1 rings (SSSR count). The monoisotopic (exact) mass is 216 g/mol. The van der Waals surface area contributed by atoms with Gasteiger partial charge < -0.3 is 4.74 Å². The van der Waals surface area contributed by atoms with Crippen LogP contribution in [0.5, 0.6) is 0 Å². The van der Waals surface area contributed by atoms with Crippen LogP contribution in [0.15, 0.2) is 55.6 Å². The highest BCUT2D eigenvalue weighted by molar-refractivity contribution is 5.20. The molecule has 0 heterocycles. The summed E-state index contributed by atoms with van der Waals surface area (Å²) in [5.41, 5.74) is 1.30. The summed E-state index contributed by atoms with van der Waals surface area (Å²) >= 11 is 0. The average Bonchev–Trinajstić information content (AvgIpc) is 2.35. The Labute approximate surface area is 98.5 Å². The molecule has 0 spiro atoms. The van der Waals surface area contributed by atoms with Crippen molar-refractivity contribution >= 4 is 0 Å². The summed E-state index contributed by atoms with van der Waals surface area (Å²) in [6.45, 7) is 10.2. The highest BCUT2D eigenvalue weighted by Gasteiger charge is 2.17. The van der Waals surface area contributed by atoms with E-state index in [0.29, 0.717) is 12.5 Å². The standard InChI is InChI=1S/C15H20O/c1-4-9-15(16-12-5-2)13(3)14-10-7-6-8-11-14/h4-8,10-11,13,15H,1-2,9,12H2,3H3/t13-,15+/m0/s1. The minimum Gasteiger partial charge on any atom is -0.373 e. The Balaban J connectivity index is 2.69. The van der Waals surface area contributed by atoms with E-state index in [1.807, 2.05) is 12.1 Å². The molecule has 0 saturated heterocycles. The van der Waals surface area contributed by atoms with Gasteiger partial charge in [-0.15, -0.1) is 13.2 Å². The minimum atomic E-state index is 0.179. The number of hydrogen-bond acceptors (Lipinski definition) is 1. The van der Waals surface area contributed by atoms with Crippen LogP contribution in [0.25, 0.3) is 0 Å². The maximum atomic E-state index is 5.76. The molecule has 0 aliphatic rings. The Hall–Kier alpha value is -1.34. The predicted octanol–water partition coefficient (Wildman–Crippen LogP) is 3.94. The molecule has 2 atom stereocenters. The van der Waals surface area contributed by atoms with Gasteiger partial charge in [-0.25, -0.2) is 0 Å². The van der Waals surface area contributed by atoms with Crippen LogP contribution < -0.4 is 0 Å². The fourth-order valence-corrected chi connectivity index (χ4v) is 1.74. The number of rotatable bonds is 7. The van der Waals surface area contributed by atoms with Gasteiger partial charge in [-0.1, -0.05) is 49.4 Å². The Morgan fingerprint density at radius 1 is 1.19 bits per heavy atom. The average molecular weight is 216 g/mol. The van der Waals surface area contributed by atoms with Crippen LogP contribution >= 0.6 is 0 Å². The number of hydrogen-bond donors (Lipinski definition) is 0. The van der Waals surface area contributed by atoms with Crippen molar-refractivity contribution in [2.24, 2.45) is 0 Å². The van der Waals surface area contributed by atoms with Gasteiger partial charge in [-0.3, -0.25) is 0 Å². The van der Waals surface area contributed by atoms with Gasteiger partial charge in [-0.05, 0) is 12.0 Å². The zero-order valence-electron chi connectivity index (χ0n) is 9.93. The van der Waals surface area contributed by atoms with E-state index in [0.717, 1.165) is 6.42 Å². The van der Waals surface area contributed by atoms with Crippen molar-refractivity contribution in [1.29, 1.82) is 0 Å². The first-order valence-corrected chi connectivity index (χ1v) is 5.68. The summed E-state index contributed by atoms with van der Waals surface area (Å²) in [7, 11) is 0. The van der Waals surface area contributed by atoms with E-state index in [9.17, 15) is 0 Å². The van der Waals surface area contributed by atoms with Crippen molar-refractivity contribution in [2.75, 3.05) is 6.61 Å². The van der Waals surface area contributed by atoms with E-state index in [1.165, 1.54) is 5.56 Å². The molecular formula is C15H20O. The molecule has 0 aliphatic heterocycles. The van der Waals surface area contributed by atoms with Crippen LogP contribution in [0.1, 0.15) is 24.8 Å². The zero-order chi connectivity index (χ0) is 11.8. The van der Waals surface area contributed by atoms with E-state index in [-0.39, 0.29) is 6.10 Å². The molecule has 0 aromatic heterocycles. The number of benzene rings is 1. The lowest BCUT2D eigenvalue weighted by molar-refractivity contribution is 0.0596. The molecule has 0 N–H and O–H groups in total. The van der Waals surface area contributed by atoms with E-state index in [2.05, 4.69) is 44.3 Å². The molecule has 16 heavy (non-hydrogen) atoms. The summed E-state index contributed by atoms with van der Waals surface area (Å²) in [5, 5.41) is 0. The molecule has 0 unspecified atom stereocenters. The smallest absolute Gasteiger partial charge is 0.0679 e. The quantitative estimate of drug-likeness (QED) is 0.627. The largest absolute Gasteiger partial charge is 0.373 e. The Bertz CT molecular complexity index is 315. The second-order valence-electron chi connectivity index (χ2n) is 3.88. The molecule has 86 valence electrons. The normalized spacial score (nSPS) is 14.1. The van der Waals surface area contributed by atoms with Gasteiger partial charge in [0.2, 0.25) is 0 Å². The maximum absolute atomic E-state index is 5.76. The SMILES string of the molecule is C=CCO[C@H](CC=C)[C@@H](C)c1ccccc1. The maximum Gasteiger partial charge on any atom is 0.0679 e. The summed E-state index contributed by atoms with van der Waals surface area (Å²) in [4.78, 5) is 0. The Morgan fingerprint density at radius 2 is 1.88 bits per heavy atom. The lowest BCUT2D eigenvalue weighted by Gasteiger charge is -2.23. The van der Waals surface area contributed by atoms with Crippen molar-refractivity contribution in [3.05, 3.63) is 61.2 Å². The van der Waals surface area contributed by atoms with Crippen LogP contribution in [-0.4, -0.2) is 12.7 Å². The summed E-state index contributed by atoms with van der Waals surface area (Å²) < 4.78 is 5.76. The van der Waals surface area contributed by atoms with Gasteiger partial charge in [-0.2, -0.15) is 0 Å². The summed E-state index contributed by atoms with van der Waals surface area (Å²) in [5.74, 6) is 0.374. The first-order chi connectivity index (χ1) is 7.79. The Kier molecular flexibility index (Phi) is 5.58. The lowest BCUT2D eigenvalue weighted by Crippen LogP contribution is -2.20. The molecule has 0 amide bonds. The second kappa shape index (κ2) is 7.02. The molecule has 0 bridgehead atoms. The van der Waals surface area contributed by atoms with Gasteiger partial charge in [0.25, 0.3) is 0 Å². The molecule has 0 fully saturated rings. The van der Waals surface area contributed by atoms with Gasteiger partial charge in [0.05, 0.1) is 12.7 Å². The zero-order valence-corrected chi connectivity index (χ0v) is 9.93. The number of ether oxygens (including phenoxy) is 1. The van der Waals surface area contributed by atoms with Crippen molar-refractivity contribution in [2.45, 2.75) is 25.4 Å². The van der Waals surface area contributed by atoms with E-state index < -0.39 is 0 Å². The van der Waals surface area contributed by atoms with Crippen LogP contribution in [-0.2, 0) is 4.74 Å². The third-order valence-electron chi connectivity index (χ3n) is 2.71. The van der Waals surface area contributed by atoms with Crippen LogP contribution in [0.4, 0.5) is 0 Å². The molecule has 1 aromatic rings. The molecular weight excluding hydrogens is 196 g/mol. The first-order valence-electron chi connectivity index (χ1n) is 5.68. The highest BCUT2D eigenvalue weighted by atomic mass is 16.5. The Morgan fingerprint density at radius 3 is 2.44 bits per heavy atom. The lowest BCUT2D eigenvalue weighted by atomic mass is 9.93. The highest BCUT2D eigenvalue weighted by Crippen LogP contribution is 2.23. The minimum absolute atomic E-state index is 0.179. The van der Waals surface area contributed by atoms with Gasteiger partial charge in [0, 0.05) is 5.92 Å². The van der Waals surface area contributed by atoms with Crippen LogP contribution in [0.2, 0.25) is 0 Å². The molecule has 1 heteroatoms. The molecule has 0 aliphatic carbocycles. The van der Waals surface area contributed by atoms with Gasteiger partial charge in [0.1, 0.15) is 0 Å². The topological polar surface area (TPSA) is 9.23 Å². The third-order valence-corrected chi connectivity index (χ3v) is 2.71. The van der Waals surface area contributed by atoms with Gasteiger partial charge >= 0.3 is 0 Å². The van der Waals surface area contributed by atoms with E-state index in [4.69, 9.17) is 4.74 Å². The fraction of sp³-hybridized carbons (Fsp3) is 0.333.